The van der Waals surface area contributed by atoms with E-state index in [2.05, 4.69) is 10.6 Å². The van der Waals surface area contributed by atoms with E-state index in [0.717, 1.165) is 11.3 Å². The molecule has 0 spiro atoms. The molecule has 0 radical (unpaired) electrons. The van der Waals surface area contributed by atoms with Crippen LogP contribution >= 0.6 is 0 Å². The zero-order chi connectivity index (χ0) is 19.1. The second-order valence-corrected chi connectivity index (χ2v) is 6.05. The number of furan rings is 1. The number of carbonyl (C=O) groups is 2. The summed E-state index contributed by atoms with van der Waals surface area (Å²) in [5.74, 6) is 0.437. The van der Waals surface area contributed by atoms with Crippen LogP contribution < -0.4 is 16.0 Å². The van der Waals surface area contributed by atoms with Crippen LogP contribution in [-0.4, -0.2) is 25.4 Å². The third-order valence-electron chi connectivity index (χ3n) is 4.18. The van der Waals surface area contributed by atoms with Crippen LogP contribution in [0, 0.1) is 0 Å². The minimum absolute atomic E-state index is 0.107. The lowest BCUT2D eigenvalue weighted by Gasteiger charge is -2.14. The Balaban J connectivity index is 1.66. The highest BCUT2D eigenvalue weighted by molar-refractivity contribution is 5.97. The molecule has 138 valence electrons. The van der Waals surface area contributed by atoms with E-state index in [-0.39, 0.29) is 24.4 Å². The van der Waals surface area contributed by atoms with Gasteiger partial charge in [0.05, 0.1) is 6.26 Å². The molecule has 3 aromatic rings. The molecule has 6 nitrogen and oxygen atoms in total. The number of hydrogen-bond donors (Lipinski definition) is 3. The monoisotopic (exact) mass is 364 g/mol. The Morgan fingerprint density at radius 1 is 1.04 bits per heavy atom. The first kappa shape index (κ1) is 18.4. The van der Waals surface area contributed by atoms with Gasteiger partial charge in [0.1, 0.15) is 0 Å². The highest BCUT2D eigenvalue weighted by Gasteiger charge is 2.21. The van der Waals surface area contributed by atoms with Gasteiger partial charge in [-0.2, -0.15) is 0 Å². The van der Waals surface area contributed by atoms with Crippen molar-refractivity contribution < 1.29 is 19.3 Å². The van der Waals surface area contributed by atoms with Crippen molar-refractivity contribution in [2.75, 3.05) is 18.9 Å². The molecule has 1 atom stereocenters. The summed E-state index contributed by atoms with van der Waals surface area (Å²) in [4.78, 5) is 24.1. The molecule has 0 aliphatic rings. The van der Waals surface area contributed by atoms with E-state index in [1.54, 1.807) is 37.6 Å². The first-order chi connectivity index (χ1) is 13.2. The van der Waals surface area contributed by atoms with Gasteiger partial charge in [-0.3, -0.25) is 9.59 Å². The van der Waals surface area contributed by atoms with Gasteiger partial charge < -0.3 is 20.4 Å². The normalized spacial score (nSPS) is 11.6. The van der Waals surface area contributed by atoms with E-state index >= 15 is 0 Å². The molecular weight excluding hydrogens is 342 g/mol. The average molecular weight is 364 g/mol. The van der Waals surface area contributed by atoms with Crippen molar-refractivity contribution in [2.24, 2.45) is 0 Å². The standard InChI is InChI=1S/C21H21N3O3/c1-22-21(26)16-9-5-10-17(13-16)24-19(25)14-23-20(18-11-6-12-27-18)15-7-3-2-4-8-15/h2-13,20,23H,14H2,1H3,(H,22,26)(H,24,25)/p+1/t20-/m0/s1. The molecule has 1 aromatic heterocycles. The number of amides is 2. The van der Waals surface area contributed by atoms with Gasteiger partial charge in [0.15, 0.2) is 18.3 Å². The molecule has 4 N–H and O–H groups in total. The van der Waals surface area contributed by atoms with Crippen LogP contribution in [0.2, 0.25) is 0 Å². The van der Waals surface area contributed by atoms with E-state index in [1.165, 1.54) is 0 Å². The van der Waals surface area contributed by atoms with Crippen LogP contribution in [0.15, 0.2) is 77.4 Å². The van der Waals surface area contributed by atoms with Crippen LogP contribution in [0.5, 0.6) is 0 Å². The van der Waals surface area contributed by atoms with E-state index in [0.29, 0.717) is 11.3 Å². The molecular formula is C21H22N3O3+. The molecule has 1 heterocycles. The summed E-state index contributed by atoms with van der Waals surface area (Å²) in [6.45, 7) is 0.213. The van der Waals surface area contributed by atoms with Gasteiger partial charge in [-0.15, -0.1) is 0 Å². The Labute approximate surface area is 157 Å². The number of carbonyl (C=O) groups excluding carboxylic acids is 2. The van der Waals surface area contributed by atoms with E-state index in [1.807, 2.05) is 47.8 Å². The number of hydrogen-bond acceptors (Lipinski definition) is 3. The number of rotatable bonds is 7. The number of nitrogens with one attached hydrogen (secondary N) is 2. The fourth-order valence-electron chi connectivity index (χ4n) is 2.86. The Kier molecular flexibility index (Phi) is 6.02. The quantitative estimate of drug-likeness (QED) is 0.599. The molecule has 3 rings (SSSR count). The van der Waals surface area contributed by atoms with E-state index in [9.17, 15) is 9.59 Å². The van der Waals surface area contributed by atoms with Gasteiger partial charge in [0.2, 0.25) is 0 Å². The fraction of sp³-hybridized carbons (Fsp3) is 0.143. The summed E-state index contributed by atoms with van der Waals surface area (Å²) in [5.41, 5.74) is 2.14. The maximum absolute atomic E-state index is 12.4. The predicted octanol–water partition coefficient (Wildman–Crippen LogP) is 1.93. The highest BCUT2D eigenvalue weighted by atomic mass is 16.3. The minimum Gasteiger partial charge on any atom is -0.463 e. The number of anilines is 1. The minimum atomic E-state index is -0.195. The Bertz CT molecular complexity index is 892. The third kappa shape index (κ3) is 4.83. The Hall–Kier alpha value is -3.38. The molecule has 27 heavy (non-hydrogen) atoms. The predicted molar refractivity (Wildman–Crippen MR) is 102 cm³/mol. The van der Waals surface area contributed by atoms with Gasteiger partial charge in [-0.25, -0.2) is 0 Å². The zero-order valence-electron chi connectivity index (χ0n) is 15.0. The summed E-state index contributed by atoms with van der Waals surface area (Å²) in [7, 11) is 1.57. The first-order valence-corrected chi connectivity index (χ1v) is 8.71. The van der Waals surface area contributed by atoms with Crippen LogP contribution in [-0.2, 0) is 4.79 Å². The molecule has 0 aliphatic heterocycles. The fourth-order valence-corrected chi connectivity index (χ4v) is 2.86. The lowest BCUT2D eigenvalue weighted by atomic mass is 10.0. The SMILES string of the molecule is CNC(=O)c1cccc(NC(=O)C[NH2+][C@@H](c2ccccc2)c2ccco2)c1. The molecule has 2 amide bonds. The molecule has 0 bridgehead atoms. The lowest BCUT2D eigenvalue weighted by Crippen LogP contribution is -2.87. The van der Waals surface area contributed by atoms with Gasteiger partial charge in [0, 0.05) is 23.9 Å². The van der Waals surface area contributed by atoms with Gasteiger partial charge in [0.25, 0.3) is 11.8 Å². The number of nitrogens with two attached hydrogens (primary N) is 1. The molecule has 2 aromatic carbocycles. The summed E-state index contributed by atoms with van der Waals surface area (Å²) >= 11 is 0. The van der Waals surface area contributed by atoms with Crippen molar-refractivity contribution in [3.8, 4) is 0 Å². The Morgan fingerprint density at radius 2 is 1.85 bits per heavy atom. The van der Waals surface area contributed by atoms with Crippen molar-refractivity contribution in [3.05, 3.63) is 89.9 Å². The van der Waals surface area contributed by atoms with Gasteiger partial charge >= 0.3 is 0 Å². The molecule has 0 fully saturated rings. The van der Waals surface area contributed by atoms with Crippen molar-refractivity contribution in [1.82, 2.24) is 5.32 Å². The largest absolute Gasteiger partial charge is 0.463 e. The molecule has 0 unspecified atom stereocenters. The number of benzene rings is 2. The van der Waals surface area contributed by atoms with E-state index in [4.69, 9.17) is 4.42 Å². The second-order valence-electron chi connectivity index (χ2n) is 6.05. The highest BCUT2D eigenvalue weighted by Crippen LogP contribution is 2.18. The maximum atomic E-state index is 12.4. The van der Waals surface area contributed by atoms with Crippen molar-refractivity contribution in [1.29, 1.82) is 0 Å². The summed E-state index contributed by atoms with van der Waals surface area (Å²) in [6, 6.07) is 20.4. The van der Waals surface area contributed by atoms with Gasteiger partial charge in [-0.05, 0) is 30.3 Å². The van der Waals surface area contributed by atoms with Crippen LogP contribution in [0.4, 0.5) is 5.69 Å². The van der Waals surface area contributed by atoms with Gasteiger partial charge in [-0.1, -0.05) is 36.4 Å². The zero-order valence-corrected chi connectivity index (χ0v) is 15.0. The van der Waals surface area contributed by atoms with Crippen LogP contribution in [0.3, 0.4) is 0 Å². The smallest absolute Gasteiger partial charge is 0.279 e. The molecule has 6 heteroatoms. The summed E-state index contributed by atoms with van der Waals surface area (Å²) in [6.07, 6.45) is 1.63. The van der Waals surface area contributed by atoms with Crippen LogP contribution in [0.25, 0.3) is 0 Å². The molecule has 0 saturated carbocycles. The summed E-state index contributed by atoms with van der Waals surface area (Å²) < 4.78 is 5.55. The maximum Gasteiger partial charge on any atom is 0.279 e. The molecule has 0 saturated heterocycles. The van der Waals surface area contributed by atoms with E-state index < -0.39 is 0 Å². The third-order valence-corrected chi connectivity index (χ3v) is 4.18. The van der Waals surface area contributed by atoms with Crippen molar-refractivity contribution in [2.45, 2.75) is 6.04 Å². The topological polar surface area (TPSA) is 88.0 Å². The Morgan fingerprint density at radius 3 is 2.56 bits per heavy atom. The average Bonchev–Trinajstić information content (AvgIpc) is 3.23. The molecule has 0 aliphatic carbocycles. The van der Waals surface area contributed by atoms with Crippen molar-refractivity contribution >= 4 is 17.5 Å². The van der Waals surface area contributed by atoms with Crippen LogP contribution in [0.1, 0.15) is 27.7 Å². The second kappa shape index (κ2) is 8.82. The first-order valence-electron chi connectivity index (χ1n) is 8.71. The lowest BCUT2D eigenvalue weighted by molar-refractivity contribution is -0.678. The number of quaternary nitrogens is 1. The summed E-state index contributed by atoms with van der Waals surface area (Å²) in [5, 5.41) is 7.32. The van der Waals surface area contributed by atoms with Crippen molar-refractivity contribution in [3.63, 3.8) is 0 Å².